The average Bonchev–Trinajstić information content (AvgIpc) is 2.57. The van der Waals surface area contributed by atoms with Crippen LogP contribution in [0.15, 0.2) is 24.3 Å². The number of rotatable bonds is 4. The molecule has 0 spiro atoms. The SMILES string of the molecule is Cc1cc([CH]([AlH][O]C(C)(C)C)c2cc(C)cc(C(C)(C)C)c2O)c(O)c(C(C)(C)C)c1. The third kappa shape index (κ3) is 6.28. The predicted octanol–water partition coefficient (Wildman–Crippen LogP) is 6.57. The summed E-state index contributed by atoms with van der Waals surface area (Å²) in [4.78, 5) is 0. The highest BCUT2D eigenvalue weighted by Crippen LogP contribution is 2.44. The fourth-order valence-electron chi connectivity index (χ4n) is 3.97. The summed E-state index contributed by atoms with van der Waals surface area (Å²) in [5, 5.41) is 22.8. The molecular formula is C27H41AlO3. The maximum Gasteiger partial charge on any atom is 0.449 e. The second-order valence-corrected chi connectivity index (χ2v) is 13.4. The number of aryl methyl sites for hydroxylation is 2. The van der Waals surface area contributed by atoms with E-state index in [1.807, 2.05) is 0 Å². The van der Waals surface area contributed by atoms with Crippen LogP contribution in [0.1, 0.15) is 100 Å². The maximum absolute atomic E-state index is 11.4. The lowest BCUT2D eigenvalue weighted by molar-refractivity contribution is 0.136. The van der Waals surface area contributed by atoms with Crippen LogP contribution >= 0.6 is 0 Å². The van der Waals surface area contributed by atoms with Crippen LogP contribution in [-0.2, 0) is 14.6 Å². The van der Waals surface area contributed by atoms with Gasteiger partial charge in [0.25, 0.3) is 0 Å². The van der Waals surface area contributed by atoms with Gasteiger partial charge in [0, 0.05) is 5.60 Å². The lowest BCUT2D eigenvalue weighted by Gasteiger charge is -2.30. The van der Waals surface area contributed by atoms with E-state index in [-0.39, 0.29) is 21.2 Å². The minimum atomic E-state index is -1.19. The third-order valence-electron chi connectivity index (χ3n) is 5.62. The van der Waals surface area contributed by atoms with E-state index < -0.39 is 15.6 Å². The van der Waals surface area contributed by atoms with Crippen molar-refractivity contribution in [2.24, 2.45) is 0 Å². The second-order valence-electron chi connectivity index (χ2n) is 12.0. The molecule has 170 valence electrons. The van der Waals surface area contributed by atoms with Crippen LogP contribution in [-0.4, -0.2) is 31.4 Å². The molecule has 0 aliphatic rings. The third-order valence-corrected chi connectivity index (χ3v) is 7.86. The molecular weight excluding hydrogens is 399 g/mol. The van der Waals surface area contributed by atoms with Gasteiger partial charge in [0.1, 0.15) is 11.5 Å². The lowest BCUT2D eigenvalue weighted by atomic mass is 9.81. The molecule has 3 nitrogen and oxygen atoms in total. The predicted molar refractivity (Wildman–Crippen MR) is 133 cm³/mol. The van der Waals surface area contributed by atoms with Gasteiger partial charge in [-0.3, -0.25) is 0 Å². The van der Waals surface area contributed by atoms with Gasteiger partial charge in [0.15, 0.2) is 0 Å². The molecule has 2 aromatic carbocycles. The summed E-state index contributed by atoms with van der Waals surface area (Å²) in [5.41, 5.74) is 5.15. The number of hydrogen-bond donors (Lipinski definition) is 2. The minimum Gasteiger partial charge on any atom is -0.507 e. The number of aromatic hydroxyl groups is 2. The largest absolute Gasteiger partial charge is 0.507 e. The zero-order valence-electron chi connectivity index (χ0n) is 21.4. The molecule has 0 amide bonds. The van der Waals surface area contributed by atoms with Crippen molar-refractivity contribution < 1.29 is 14.0 Å². The molecule has 0 heterocycles. The molecule has 31 heavy (non-hydrogen) atoms. The Bertz CT molecular complexity index is 871. The van der Waals surface area contributed by atoms with Crippen LogP contribution in [0.2, 0.25) is 0 Å². The first kappa shape index (κ1) is 25.8. The Hall–Kier alpha value is -1.47. The molecule has 0 unspecified atom stereocenters. The van der Waals surface area contributed by atoms with Crippen LogP contribution in [0.4, 0.5) is 0 Å². The summed E-state index contributed by atoms with van der Waals surface area (Å²) >= 11 is -1.19. The van der Waals surface area contributed by atoms with Crippen LogP contribution < -0.4 is 0 Å². The lowest BCUT2D eigenvalue weighted by Crippen LogP contribution is -2.27. The molecule has 0 radical (unpaired) electrons. The fourth-order valence-corrected chi connectivity index (χ4v) is 5.62. The van der Waals surface area contributed by atoms with Crippen LogP contribution in [0.25, 0.3) is 0 Å². The zero-order valence-corrected chi connectivity index (χ0v) is 22.8. The molecule has 0 bridgehead atoms. The Labute approximate surface area is 195 Å². The normalized spacial score (nSPS) is 13.0. The molecule has 0 atom stereocenters. The summed E-state index contributed by atoms with van der Waals surface area (Å²) in [5.74, 6) is 0.651. The first-order chi connectivity index (χ1) is 13.9. The van der Waals surface area contributed by atoms with E-state index in [0.717, 1.165) is 33.4 Å². The standard InChI is InChI=1S/C23H31O2.C4H9O.Al.H/c1-14-9-16(20(24)18(11-14)22(3,4)5)13-17-10-15(2)12-19(21(17)25)23(6,7)8;1-4(2,3)5;;/h9-13,24-25H,1-8H3;1-3H3;;/q;-1;+1;. The first-order valence-electron chi connectivity index (χ1n) is 11.2. The first-order valence-corrected chi connectivity index (χ1v) is 12.6. The van der Waals surface area contributed by atoms with Crippen molar-refractivity contribution in [3.8, 4) is 11.5 Å². The number of phenolic OH excluding ortho intramolecular Hbond substituents is 2. The summed E-state index contributed by atoms with van der Waals surface area (Å²) in [6, 6.07) is 8.26. The summed E-state index contributed by atoms with van der Waals surface area (Å²) in [7, 11) is 0. The Morgan fingerprint density at radius 2 is 1.03 bits per heavy atom. The second kappa shape index (κ2) is 8.82. The van der Waals surface area contributed by atoms with Crippen LogP contribution in [0, 0.1) is 13.8 Å². The van der Waals surface area contributed by atoms with E-state index in [9.17, 15) is 10.2 Å². The number of hydrogen-bond acceptors (Lipinski definition) is 3. The Morgan fingerprint density at radius 3 is 1.32 bits per heavy atom. The maximum atomic E-state index is 11.4. The average molecular weight is 441 g/mol. The van der Waals surface area contributed by atoms with Crippen molar-refractivity contribution in [3.63, 3.8) is 0 Å². The van der Waals surface area contributed by atoms with E-state index in [1.54, 1.807) is 0 Å². The molecule has 0 aromatic heterocycles. The number of benzene rings is 2. The van der Waals surface area contributed by atoms with E-state index in [4.69, 9.17) is 3.79 Å². The van der Waals surface area contributed by atoms with Gasteiger partial charge in [-0.2, -0.15) is 0 Å². The molecule has 2 rings (SSSR count). The summed E-state index contributed by atoms with van der Waals surface area (Å²) < 4.78 is 6.21. The number of phenols is 2. The highest BCUT2D eigenvalue weighted by Gasteiger charge is 2.32. The Morgan fingerprint density at radius 1 is 0.677 bits per heavy atom. The van der Waals surface area contributed by atoms with E-state index in [2.05, 4.69) is 100 Å². The van der Waals surface area contributed by atoms with Crippen LogP contribution in [0.5, 0.6) is 11.5 Å². The van der Waals surface area contributed by atoms with Gasteiger partial charge in [-0.15, -0.1) is 0 Å². The van der Waals surface area contributed by atoms with Gasteiger partial charge in [0.05, 0.1) is 0 Å². The monoisotopic (exact) mass is 440 g/mol. The summed E-state index contributed by atoms with van der Waals surface area (Å²) in [6.07, 6.45) is 0. The molecule has 0 saturated carbocycles. The quantitative estimate of drug-likeness (QED) is 0.529. The van der Waals surface area contributed by atoms with Gasteiger partial charge >= 0.3 is 15.6 Å². The van der Waals surface area contributed by atoms with Crippen molar-refractivity contribution in [2.75, 3.05) is 0 Å². The van der Waals surface area contributed by atoms with E-state index in [0.29, 0.717) is 11.5 Å². The van der Waals surface area contributed by atoms with Gasteiger partial charge < -0.3 is 14.0 Å². The molecule has 0 aliphatic carbocycles. The molecule has 0 saturated heterocycles. The van der Waals surface area contributed by atoms with Crippen molar-refractivity contribution in [1.29, 1.82) is 0 Å². The van der Waals surface area contributed by atoms with Crippen molar-refractivity contribution in [3.05, 3.63) is 57.6 Å². The highest BCUT2D eigenvalue weighted by molar-refractivity contribution is 6.32. The van der Waals surface area contributed by atoms with Crippen LogP contribution in [0.3, 0.4) is 0 Å². The van der Waals surface area contributed by atoms with Crippen molar-refractivity contribution in [2.45, 2.75) is 97.4 Å². The van der Waals surface area contributed by atoms with Gasteiger partial charge in [-0.25, -0.2) is 0 Å². The minimum absolute atomic E-state index is 0.152. The smallest absolute Gasteiger partial charge is 0.449 e. The van der Waals surface area contributed by atoms with Gasteiger partial charge in [-0.1, -0.05) is 76.9 Å². The molecule has 2 aromatic rings. The Balaban J connectivity index is 2.81. The van der Waals surface area contributed by atoms with Crippen molar-refractivity contribution in [1.82, 2.24) is 0 Å². The van der Waals surface area contributed by atoms with E-state index >= 15 is 0 Å². The molecule has 0 aliphatic heterocycles. The van der Waals surface area contributed by atoms with Gasteiger partial charge in [-0.05, 0) is 72.5 Å². The van der Waals surface area contributed by atoms with E-state index in [1.165, 1.54) is 0 Å². The summed E-state index contributed by atoms with van der Waals surface area (Å²) in [6.45, 7) is 23.0. The molecule has 2 N–H and O–H groups in total. The highest BCUT2D eigenvalue weighted by atomic mass is 27.1. The molecule has 4 heteroatoms. The Kier molecular flexibility index (Phi) is 7.33. The van der Waals surface area contributed by atoms with Gasteiger partial charge in [0.2, 0.25) is 0 Å². The van der Waals surface area contributed by atoms with Crippen molar-refractivity contribution >= 4 is 15.6 Å². The molecule has 0 fully saturated rings. The zero-order chi connectivity index (χ0) is 23.9. The fraction of sp³-hybridized carbons (Fsp3) is 0.556. The topological polar surface area (TPSA) is 49.7 Å².